The highest BCUT2D eigenvalue weighted by atomic mass is 19.1. The van der Waals surface area contributed by atoms with E-state index in [1.807, 2.05) is 0 Å². The van der Waals surface area contributed by atoms with E-state index in [1.54, 1.807) is 45.0 Å². The van der Waals surface area contributed by atoms with Crippen molar-refractivity contribution in [3.8, 4) is 5.75 Å². The second-order valence-corrected chi connectivity index (χ2v) is 8.89. The van der Waals surface area contributed by atoms with Crippen LogP contribution in [0.5, 0.6) is 5.75 Å². The molecule has 0 aliphatic carbocycles. The van der Waals surface area contributed by atoms with Crippen LogP contribution in [0.15, 0.2) is 61.3 Å². The number of halogens is 2. The van der Waals surface area contributed by atoms with Gasteiger partial charge in [-0.2, -0.15) is 4.98 Å². The Balaban J connectivity index is 1.63. The number of ether oxygens (including phenoxy) is 2. The lowest BCUT2D eigenvalue weighted by Crippen LogP contribution is -2.38. The second kappa shape index (κ2) is 13.3. The molecular weight excluding hydrogens is 510 g/mol. The van der Waals surface area contributed by atoms with Gasteiger partial charge in [0.25, 0.3) is 0 Å². The fourth-order valence-corrected chi connectivity index (χ4v) is 3.14. The van der Waals surface area contributed by atoms with Crippen molar-refractivity contribution in [2.45, 2.75) is 32.9 Å². The largest absolute Gasteiger partial charge is 0.484 e. The first-order valence-corrected chi connectivity index (χ1v) is 12.0. The fraction of sp³-hybridized carbons (Fsp3) is 0.259. The van der Waals surface area contributed by atoms with Crippen LogP contribution in [0, 0.1) is 17.6 Å². The number of aromatic nitrogens is 2. The maximum Gasteiger partial charge on any atom is 0.323 e. The highest BCUT2D eigenvalue weighted by Crippen LogP contribution is 2.26. The van der Waals surface area contributed by atoms with Crippen molar-refractivity contribution in [2.24, 2.45) is 11.7 Å². The fourth-order valence-electron chi connectivity index (χ4n) is 3.14. The summed E-state index contributed by atoms with van der Waals surface area (Å²) in [7, 11) is 0. The van der Waals surface area contributed by atoms with Crippen molar-refractivity contribution < 1.29 is 27.8 Å². The summed E-state index contributed by atoms with van der Waals surface area (Å²) in [5, 5.41) is 8.24. The highest BCUT2D eigenvalue weighted by molar-refractivity contribution is 5.99. The number of hydrogen-bond acceptors (Lipinski definition) is 9. The molecule has 0 bridgehead atoms. The molecule has 0 spiro atoms. The quantitative estimate of drug-likeness (QED) is 0.191. The molecule has 2 atom stereocenters. The summed E-state index contributed by atoms with van der Waals surface area (Å²) in [6, 6.07) is 9.90. The zero-order chi connectivity index (χ0) is 28.5. The van der Waals surface area contributed by atoms with Gasteiger partial charge in [0.15, 0.2) is 23.2 Å². The minimum Gasteiger partial charge on any atom is -0.484 e. The van der Waals surface area contributed by atoms with Crippen molar-refractivity contribution in [1.29, 1.82) is 0 Å². The van der Waals surface area contributed by atoms with Gasteiger partial charge < -0.3 is 31.2 Å². The lowest BCUT2D eigenvalue weighted by molar-refractivity contribution is -0.148. The SMILES string of the molecule is C=CC(=O)Nc1cccc(Nc2nc(Nc3ccc(O[C@@H](C)COC(=O)C(N)C(C)C)c(F)c3)ncc2F)c1. The first-order chi connectivity index (χ1) is 18.5. The monoisotopic (exact) mass is 540 g/mol. The van der Waals surface area contributed by atoms with Gasteiger partial charge in [0, 0.05) is 23.1 Å². The Morgan fingerprint density at radius 2 is 1.77 bits per heavy atom. The maximum absolute atomic E-state index is 14.7. The summed E-state index contributed by atoms with van der Waals surface area (Å²) < 4.78 is 39.7. The van der Waals surface area contributed by atoms with Gasteiger partial charge in [0.05, 0.1) is 6.20 Å². The van der Waals surface area contributed by atoms with E-state index in [0.29, 0.717) is 11.4 Å². The third kappa shape index (κ3) is 8.47. The van der Waals surface area contributed by atoms with Crippen LogP contribution in [0.1, 0.15) is 20.8 Å². The molecule has 0 saturated heterocycles. The standard InChI is InChI=1S/C27H30F2N6O4/c1-5-23(36)32-17-7-6-8-18(11-17)33-25-21(29)13-31-27(35-25)34-19-9-10-22(20(28)12-19)39-16(4)14-38-26(37)24(30)15(2)3/h5-13,15-16,24H,1,14,30H2,2-4H3,(H,32,36)(H2,31,33,34,35)/t16-,24?/m0/s1. The summed E-state index contributed by atoms with van der Waals surface area (Å²) in [5.41, 5.74) is 6.97. The Morgan fingerprint density at radius 3 is 2.46 bits per heavy atom. The molecule has 206 valence electrons. The number of nitrogens with one attached hydrogen (secondary N) is 3. The van der Waals surface area contributed by atoms with Gasteiger partial charge >= 0.3 is 5.97 Å². The molecule has 3 aromatic rings. The van der Waals surface area contributed by atoms with Crippen LogP contribution in [0.4, 0.5) is 37.6 Å². The van der Waals surface area contributed by atoms with Crippen molar-refractivity contribution >= 4 is 40.7 Å². The topological polar surface area (TPSA) is 140 Å². The molecule has 12 heteroatoms. The number of carbonyl (C=O) groups excluding carboxylic acids is 2. The molecule has 5 N–H and O–H groups in total. The number of esters is 1. The molecule has 1 unspecified atom stereocenters. The van der Waals surface area contributed by atoms with Crippen molar-refractivity contribution in [3.63, 3.8) is 0 Å². The normalized spacial score (nSPS) is 12.3. The minimum atomic E-state index is -0.751. The Bertz CT molecular complexity index is 1340. The molecule has 0 aliphatic rings. The molecule has 0 fully saturated rings. The van der Waals surface area contributed by atoms with Crippen molar-refractivity contribution in [2.75, 3.05) is 22.6 Å². The summed E-state index contributed by atoms with van der Waals surface area (Å²) in [4.78, 5) is 31.4. The molecule has 1 amide bonds. The first kappa shape index (κ1) is 29.0. The zero-order valence-corrected chi connectivity index (χ0v) is 21.7. The van der Waals surface area contributed by atoms with E-state index in [1.165, 1.54) is 12.1 Å². The predicted octanol–water partition coefficient (Wildman–Crippen LogP) is 4.66. The average molecular weight is 541 g/mol. The zero-order valence-electron chi connectivity index (χ0n) is 21.7. The number of hydrogen-bond donors (Lipinski definition) is 4. The van der Waals surface area contributed by atoms with Gasteiger partial charge in [0.2, 0.25) is 11.9 Å². The number of nitrogens with two attached hydrogens (primary N) is 1. The van der Waals surface area contributed by atoms with Crippen LogP contribution in [-0.4, -0.2) is 40.6 Å². The molecular formula is C27H30F2N6O4. The molecule has 0 saturated carbocycles. The molecule has 10 nitrogen and oxygen atoms in total. The van der Waals surface area contributed by atoms with E-state index in [-0.39, 0.29) is 41.6 Å². The molecule has 39 heavy (non-hydrogen) atoms. The molecule has 3 rings (SSSR count). The van der Waals surface area contributed by atoms with Crippen molar-refractivity contribution in [3.05, 3.63) is 73.0 Å². The Morgan fingerprint density at radius 1 is 1.05 bits per heavy atom. The van der Waals surface area contributed by atoms with Crippen LogP contribution >= 0.6 is 0 Å². The number of carbonyl (C=O) groups is 2. The van der Waals surface area contributed by atoms with Crippen LogP contribution in [-0.2, 0) is 14.3 Å². The first-order valence-electron chi connectivity index (χ1n) is 12.0. The van der Waals surface area contributed by atoms with Gasteiger partial charge in [-0.15, -0.1) is 0 Å². The predicted molar refractivity (Wildman–Crippen MR) is 144 cm³/mol. The van der Waals surface area contributed by atoms with Crippen LogP contribution in [0.2, 0.25) is 0 Å². The lowest BCUT2D eigenvalue weighted by Gasteiger charge is -2.18. The molecule has 1 heterocycles. The van der Waals surface area contributed by atoms with Crippen LogP contribution in [0.3, 0.4) is 0 Å². The third-order valence-corrected chi connectivity index (χ3v) is 5.29. The lowest BCUT2D eigenvalue weighted by atomic mass is 10.1. The van der Waals surface area contributed by atoms with E-state index in [2.05, 4.69) is 32.5 Å². The highest BCUT2D eigenvalue weighted by Gasteiger charge is 2.20. The van der Waals surface area contributed by atoms with Crippen LogP contribution in [0.25, 0.3) is 0 Å². The van der Waals surface area contributed by atoms with E-state index in [0.717, 1.165) is 18.3 Å². The smallest absolute Gasteiger partial charge is 0.323 e. The summed E-state index contributed by atoms with van der Waals surface area (Å²) >= 11 is 0. The number of nitrogens with zero attached hydrogens (tertiary/aromatic N) is 2. The molecule has 0 aliphatic heterocycles. The Kier molecular flexibility index (Phi) is 9.87. The average Bonchev–Trinajstić information content (AvgIpc) is 2.90. The van der Waals surface area contributed by atoms with Crippen LogP contribution < -0.4 is 26.4 Å². The van der Waals surface area contributed by atoms with E-state index < -0.39 is 29.7 Å². The minimum absolute atomic E-state index is 0.00450. The van der Waals surface area contributed by atoms with Gasteiger partial charge in [-0.1, -0.05) is 26.5 Å². The Hall–Kier alpha value is -4.58. The summed E-state index contributed by atoms with van der Waals surface area (Å²) in [5.74, 6) is -2.61. The molecule has 1 aromatic heterocycles. The Labute approximate surface area is 224 Å². The third-order valence-electron chi connectivity index (χ3n) is 5.29. The number of benzene rings is 2. The van der Waals surface area contributed by atoms with Gasteiger partial charge in [-0.25, -0.2) is 13.8 Å². The van der Waals surface area contributed by atoms with E-state index >= 15 is 0 Å². The van der Waals surface area contributed by atoms with Gasteiger partial charge in [0.1, 0.15) is 18.8 Å². The van der Waals surface area contributed by atoms with Gasteiger partial charge in [-0.05, 0) is 49.2 Å². The molecule has 0 radical (unpaired) electrons. The van der Waals surface area contributed by atoms with E-state index in [9.17, 15) is 18.4 Å². The summed E-state index contributed by atoms with van der Waals surface area (Å²) in [6.45, 7) is 8.54. The number of amides is 1. The van der Waals surface area contributed by atoms with Gasteiger partial charge in [-0.3, -0.25) is 9.59 Å². The second-order valence-electron chi connectivity index (χ2n) is 8.89. The maximum atomic E-state index is 14.7. The molecule has 2 aromatic carbocycles. The van der Waals surface area contributed by atoms with Crippen molar-refractivity contribution in [1.82, 2.24) is 9.97 Å². The summed E-state index contributed by atoms with van der Waals surface area (Å²) in [6.07, 6.45) is 1.47. The number of rotatable bonds is 12. The number of anilines is 5. The van der Waals surface area contributed by atoms with E-state index in [4.69, 9.17) is 15.2 Å².